The van der Waals surface area contributed by atoms with E-state index in [0.29, 0.717) is 0 Å². The summed E-state index contributed by atoms with van der Waals surface area (Å²) >= 11 is 0. The van der Waals surface area contributed by atoms with Gasteiger partial charge < -0.3 is 24.3 Å². The summed E-state index contributed by atoms with van der Waals surface area (Å²) in [5, 5.41) is 2.59. The highest BCUT2D eigenvalue weighted by molar-refractivity contribution is 5.99. The molecule has 1 aromatic heterocycles. The van der Waals surface area contributed by atoms with Crippen LogP contribution in [0.3, 0.4) is 0 Å². The number of rotatable bonds is 7. The Bertz CT molecular complexity index is 859. The fraction of sp³-hybridized carbons (Fsp3) is 0.421. The molecule has 1 aromatic carbocycles. The molecule has 0 spiro atoms. The second-order valence-corrected chi connectivity index (χ2v) is 6.92. The van der Waals surface area contributed by atoms with Crippen molar-refractivity contribution in [2.75, 3.05) is 14.2 Å². The van der Waals surface area contributed by atoms with Gasteiger partial charge in [-0.1, -0.05) is 12.1 Å². The number of hydrogen-bond donors (Lipinski definition) is 1. The molecule has 29 heavy (non-hydrogen) atoms. The summed E-state index contributed by atoms with van der Waals surface area (Å²) in [5.74, 6) is -0.889. The van der Waals surface area contributed by atoms with E-state index in [0.717, 1.165) is 0 Å². The number of carbonyl (C=O) groups excluding carboxylic acids is 2. The standard InChI is InChI=1S/C19H24N4O6/c1-11(15(25)29-19(2,3)4)20-14(24)12-9-7-8-10-13(12)28-18-22-16(26-5)21-17(23-18)27-6/h7-11H,1-6H3,(H,20,24)/t11-/m0/s1. The maximum Gasteiger partial charge on any atom is 0.331 e. The molecule has 0 fully saturated rings. The zero-order valence-electron chi connectivity index (χ0n) is 17.2. The summed E-state index contributed by atoms with van der Waals surface area (Å²) in [4.78, 5) is 36.6. The molecule has 0 aliphatic heterocycles. The molecular weight excluding hydrogens is 380 g/mol. The number of esters is 1. The summed E-state index contributed by atoms with van der Waals surface area (Å²) < 4.78 is 20.9. The topological polar surface area (TPSA) is 122 Å². The van der Waals surface area contributed by atoms with Crippen molar-refractivity contribution in [3.05, 3.63) is 29.8 Å². The Morgan fingerprint density at radius 2 is 1.52 bits per heavy atom. The Labute approximate surface area is 168 Å². The number of nitrogens with zero attached hydrogens (tertiary/aromatic N) is 3. The first kappa shape index (κ1) is 21.9. The number of ether oxygens (including phenoxy) is 4. The van der Waals surface area contributed by atoms with Gasteiger partial charge in [0.1, 0.15) is 17.4 Å². The highest BCUT2D eigenvalue weighted by Gasteiger charge is 2.24. The lowest BCUT2D eigenvalue weighted by atomic mass is 10.1. The van der Waals surface area contributed by atoms with E-state index in [1.807, 2.05) is 0 Å². The SMILES string of the molecule is COc1nc(OC)nc(Oc2ccccc2C(=O)N[C@@H](C)C(=O)OC(C)(C)C)n1. The Morgan fingerprint density at radius 1 is 0.966 bits per heavy atom. The summed E-state index contributed by atoms with van der Waals surface area (Å²) in [6, 6.07) is 5.46. The molecule has 0 bridgehead atoms. The largest absolute Gasteiger partial charge is 0.467 e. The van der Waals surface area contributed by atoms with E-state index in [4.69, 9.17) is 18.9 Å². The van der Waals surface area contributed by atoms with E-state index < -0.39 is 23.5 Å². The van der Waals surface area contributed by atoms with Gasteiger partial charge in [0.2, 0.25) is 0 Å². The number of benzene rings is 1. The van der Waals surface area contributed by atoms with Gasteiger partial charge in [0.25, 0.3) is 5.91 Å². The summed E-state index contributed by atoms with van der Waals surface area (Å²) in [6.45, 7) is 6.79. The fourth-order valence-electron chi connectivity index (χ4n) is 2.11. The predicted molar refractivity (Wildman–Crippen MR) is 102 cm³/mol. The van der Waals surface area contributed by atoms with Crippen molar-refractivity contribution >= 4 is 11.9 Å². The first-order chi connectivity index (χ1) is 13.6. The van der Waals surface area contributed by atoms with E-state index >= 15 is 0 Å². The van der Waals surface area contributed by atoms with Crippen LogP contribution in [0, 0.1) is 0 Å². The van der Waals surface area contributed by atoms with Gasteiger partial charge in [0, 0.05) is 0 Å². The van der Waals surface area contributed by atoms with Crippen LogP contribution in [0.4, 0.5) is 0 Å². The lowest BCUT2D eigenvalue weighted by molar-refractivity contribution is -0.156. The number of methoxy groups -OCH3 is 2. The first-order valence-corrected chi connectivity index (χ1v) is 8.77. The molecule has 10 heteroatoms. The van der Waals surface area contributed by atoms with Crippen LogP contribution >= 0.6 is 0 Å². The highest BCUT2D eigenvalue weighted by Crippen LogP contribution is 2.25. The van der Waals surface area contributed by atoms with Crippen LogP contribution < -0.4 is 19.5 Å². The zero-order valence-corrected chi connectivity index (χ0v) is 17.2. The van der Waals surface area contributed by atoms with Gasteiger partial charge in [0.05, 0.1) is 19.8 Å². The molecule has 0 unspecified atom stereocenters. The molecule has 1 atom stereocenters. The Morgan fingerprint density at radius 3 is 2.07 bits per heavy atom. The van der Waals surface area contributed by atoms with E-state index in [-0.39, 0.29) is 29.3 Å². The van der Waals surface area contributed by atoms with Crippen molar-refractivity contribution in [2.24, 2.45) is 0 Å². The van der Waals surface area contributed by atoms with Crippen molar-refractivity contribution in [3.63, 3.8) is 0 Å². The average molecular weight is 404 g/mol. The Kier molecular flexibility index (Phi) is 6.92. The molecule has 0 aliphatic carbocycles. The molecule has 1 amide bonds. The number of amides is 1. The lowest BCUT2D eigenvalue weighted by Gasteiger charge is -2.22. The zero-order chi connectivity index (χ0) is 21.6. The van der Waals surface area contributed by atoms with Gasteiger partial charge in [-0.3, -0.25) is 4.79 Å². The van der Waals surface area contributed by atoms with Crippen molar-refractivity contribution in [1.29, 1.82) is 0 Å². The predicted octanol–water partition coefficient (Wildman–Crippen LogP) is 2.14. The molecule has 1 N–H and O–H groups in total. The summed E-state index contributed by atoms with van der Waals surface area (Å²) in [7, 11) is 2.77. The third-order valence-corrected chi connectivity index (χ3v) is 3.38. The van der Waals surface area contributed by atoms with Crippen LogP contribution in [0.15, 0.2) is 24.3 Å². The number of hydrogen-bond acceptors (Lipinski definition) is 9. The second-order valence-electron chi connectivity index (χ2n) is 6.92. The Balaban J connectivity index is 2.20. The molecule has 0 radical (unpaired) electrons. The smallest absolute Gasteiger partial charge is 0.331 e. The van der Waals surface area contributed by atoms with Crippen LogP contribution in [0.1, 0.15) is 38.1 Å². The summed E-state index contributed by atoms with van der Waals surface area (Å²) in [5.41, 5.74) is -0.477. The normalized spacial score (nSPS) is 11.9. The molecule has 0 aliphatic rings. The molecule has 1 heterocycles. The maximum atomic E-state index is 12.7. The van der Waals surface area contributed by atoms with Crippen molar-refractivity contribution in [2.45, 2.75) is 39.3 Å². The van der Waals surface area contributed by atoms with E-state index in [2.05, 4.69) is 20.3 Å². The van der Waals surface area contributed by atoms with Crippen LogP contribution in [-0.4, -0.2) is 52.7 Å². The van der Waals surface area contributed by atoms with Crippen molar-refractivity contribution < 1.29 is 28.5 Å². The highest BCUT2D eigenvalue weighted by atomic mass is 16.6. The molecule has 156 valence electrons. The third-order valence-electron chi connectivity index (χ3n) is 3.38. The van der Waals surface area contributed by atoms with Crippen LogP contribution in [0.25, 0.3) is 0 Å². The maximum absolute atomic E-state index is 12.7. The van der Waals surface area contributed by atoms with Gasteiger partial charge in [-0.2, -0.15) is 0 Å². The van der Waals surface area contributed by atoms with Gasteiger partial charge in [-0.25, -0.2) is 4.79 Å². The number of nitrogens with one attached hydrogen (secondary N) is 1. The van der Waals surface area contributed by atoms with E-state index in [9.17, 15) is 9.59 Å². The van der Waals surface area contributed by atoms with Crippen LogP contribution in [0.5, 0.6) is 23.8 Å². The van der Waals surface area contributed by atoms with E-state index in [1.54, 1.807) is 45.0 Å². The summed E-state index contributed by atoms with van der Waals surface area (Å²) in [6.07, 6.45) is 0. The second kappa shape index (κ2) is 9.18. The van der Waals surface area contributed by atoms with Gasteiger partial charge >= 0.3 is 24.0 Å². The van der Waals surface area contributed by atoms with Crippen molar-refractivity contribution in [3.8, 4) is 23.8 Å². The lowest BCUT2D eigenvalue weighted by Crippen LogP contribution is -2.42. The molecule has 10 nitrogen and oxygen atoms in total. The average Bonchev–Trinajstić information content (AvgIpc) is 2.66. The molecule has 2 aromatic rings. The number of aromatic nitrogens is 3. The monoisotopic (exact) mass is 404 g/mol. The Hall–Kier alpha value is -3.43. The van der Waals surface area contributed by atoms with Gasteiger partial charge in [0.15, 0.2) is 0 Å². The van der Waals surface area contributed by atoms with Gasteiger partial charge in [-0.05, 0) is 39.8 Å². The quantitative estimate of drug-likeness (QED) is 0.692. The minimum absolute atomic E-state index is 0.00710. The van der Waals surface area contributed by atoms with Crippen LogP contribution in [-0.2, 0) is 9.53 Å². The molecule has 2 rings (SSSR count). The van der Waals surface area contributed by atoms with Crippen molar-refractivity contribution in [1.82, 2.24) is 20.3 Å². The van der Waals surface area contributed by atoms with Crippen LogP contribution in [0.2, 0.25) is 0 Å². The number of carbonyl (C=O) groups is 2. The molecular formula is C19H24N4O6. The minimum atomic E-state index is -0.854. The molecule has 0 saturated heterocycles. The third kappa shape index (κ3) is 6.30. The van der Waals surface area contributed by atoms with Gasteiger partial charge in [-0.15, -0.1) is 15.0 Å². The number of para-hydroxylation sites is 1. The molecule has 0 saturated carbocycles. The first-order valence-electron chi connectivity index (χ1n) is 8.77. The minimum Gasteiger partial charge on any atom is -0.467 e. The fourth-order valence-corrected chi connectivity index (χ4v) is 2.11. The van der Waals surface area contributed by atoms with E-state index in [1.165, 1.54) is 21.1 Å².